The molecule has 0 radical (unpaired) electrons. The van der Waals surface area contributed by atoms with Crippen LogP contribution in [0.2, 0.25) is 0 Å². The highest BCUT2D eigenvalue weighted by Crippen LogP contribution is 2.38. The molecule has 24 heavy (non-hydrogen) atoms. The first-order valence-corrected chi connectivity index (χ1v) is 6.20. The van der Waals surface area contributed by atoms with E-state index in [1.807, 2.05) is 0 Å². The number of carbonyl (C=O) groups excluding carboxylic acids is 1. The summed E-state index contributed by atoms with van der Waals surface area (Å²) in [6.45, 7) is -0.394. The number of alkyl halides is 6. The fraction of sp³-hybridized carbons (Fsp3) is 0.250. The lowest BCUT2D eigenvalue weighted by Gasteiger charge is -2.13. The molecule has 2 rings (SSSR count). The SMILES string of the molecule is NNC(=O)Cn1cc(-c2cc(C(F)(F)F)cc(C(F)(F)F)c2)nn1. The Morgan fingerprint density at radius 3 is 2.08 bits per heavy atom. The maximum Gasteiger partial charge on any atom is 0.416 e. The largest absolute Gasteiger partial charge is 0.416 e. The summed E-state index contributed by atoms with van der Waals surface area (Å²) in [5.74, 6) is 4.19. The maximum absolute atomic E-state index is 12.8. The topological polar surface area (TPSA) is 85.8 Å². The molecule has 0 fully saturated rings. The van der Waals surface area contributed by atoms with Crippen molar-refractivity contribution >= 4 is 5.91 Å². The number of hydrazine groups is 1. The number of nitrogens with two attached hydrogens (primary N) is 1. The van der Waals surface area contributed by atoms with Crippen molar-refractivity contribution in [2.24, 2.45) is 5.84 Å². The van der Waals surface area contributed by atoms with Gasteiger partial charge in [0.1, 0.15) is 12.2 Å². The van der Waals surface area contributed by atoms with Crippen molar-refractivity contribution in [3.05, 3.63) is 35.5 Å². The molecule has 130 valence electrons. The van der Waals surface area contributed by atoms with Gasteiger partial charge in [0.2, 0.25) is 0 Å². The molecule has 0 atom stereocenters. The average molecular weight is 353 g/mol. The van der Waals surface area contributed by atoms with Gasteiger partial charge in [-0.3, -0.25) is 10.2 Å². The molecule has 1 aromatic carbocycles. The summed E-state index contributed by atoms with van der Waals surface area (Å²) in [7, 11) is 0. The first kappa shape index (κ1) is 17.7. The number of nitrogens with one attached hydrogen (secondary N) is 1. The standard InChI is InChI=1S/C12H9F6N5O/c13-11(14,15)7-1-6(2-8(3-7)12(16,17)18)9-4-23(22-21-9)5-10(24)20-19/h1-4H,5,19H2,(H,20,24). The molecule has 12 heteroatoms. The fourth-order valence-electron chi connectivity index (χ4n) is 1.80. The van der Waals surface area contributed by atoms with Gasteiger partial charge in [0, 0.05) is 5.56 Å². The molecule has 6 nitrogen and oxygen atoms in total. The molecule has 0 unspecified atom stereocenters. The van der Waals surface area contributed by atoms with Crippen LogP contribution in [0.1, 0.15) is 11.1 Å². The Balaban J connectivity index is 2.48. The molecular weight excluding hydrogens is 344 g/mol. The van der Waals surface area contributed by atoms with Gasteiger partial charge in [0.15, 0.2) is 0 Å². The Morgan fingerprint density at radius 1 is 1.08 bits per heavy atom. The summed E-state index contributed by atoms with van der Waals surface area (Å²) in [5, 5.41) is 6.93. The van der Waals surface area contributed by atoms with Gasteiger partial charge in [-0.15, -0.1) is 5.10 Å². The van der Waals surface area contributed by atoms with Gasteiger partial charge in [-0.05, 0) is 18.2 Å². The fourth-order valence-corrected chi connectivity index (χ4v) is 1.80. The lowest BCUT2D eigenvalue weighted by Crippen LogP contribution is -2.33. The predicted molar refractivity (Wildman–Crippen MR) is 67.8 cm³/mol. The lowest BCUT2D eigenvalue weighted by molar-refractivity contribution is -0.143. The molecule has 1 aromatic heterocycles. The van der Waals surface area contributed by atoms with Crippen LogP contribution >= 0.6 is 0 Å². The third kappa shape index (κ3) is 4.01. The zero-order valence-electron chi connectivity index (χ0n) is 11.6. The van der Waals surface area contributed by atoms with Crippen molar-refractivity contribution in [3.63, 3.8) is 0 Å². The number of hydrogen-bond donors (Lipinski definition) is 2. The molecule has 0 aliphatic carbocycles. The van der Waals surface area contributed by atoms with Crippen molar-refractivity contribution < 1.29 is 31.1 Å². The minimum Gasteiger partial charge on any atom is -0.293 e. The van der Waals surface area contributed by atoms with Gasteiger partial charge in [-0.2, -0.15) is 26.3 Å². The van der Waals surface area contributed by atoms with Crippen molar-refractivity contribution in [2.45, 2.75) is 18.9 Å². The van der Waals surface area contributed by atoms with Crippen molar-refractivity contribution in [1.82, 2.24) is 20.4 Å². The van der Waals surface area contributed by atoms with E-state index in [9.17, 15) is 31.1 Å². The van der Waals surface area contributed by atoms with Crippen LogP contribution in [0.4, 0.5) is 26.3 Å². The molecule has 0 aliphatic rings. The highest BCUT2D eigenvalue weighted by Gasteiger charge is 2.37. The minimum atomic E-state index is -4.97. The van der Waals surface area contributed by atoms with Gasteiger partial charge in [-0.25, -0.2) is 10.5 Å². The van der Waals surface area contributed by atoms with Gasteiger partial charge >= 0.3 is 12.4 Å². The minimum absolute atomic E-state index is 0.00971. The number of amides is 1. The summed E-state index contributed by atoms with van der Waals surface area (Å²) in [4.78, 5) is 11.1. The zero-order valence-corrected chi connectivity index (χ0v) is 11.6. The van der Waals surface area contributed by atoms with Crippen LogP contribution in [-0.2, 0) is 23.7 Å². The quantitative estimate of drug-likeness (QED) is 0.382. The average Bonchev–Trinajstić information content (AvgIpc) is 2.93. The van der Waals surface area contributed by atoms with Crippen LogP contribution in [-0.4, -0.2) is 20.9 Å². The predicted octanol–water partition coefficient (Wildman–Crippen LogP) is 1.97. The van der Waals surface area contributed by atoms with Gasteiger partial charge in [0.05, 0.1) is 17.3 Å². The maximum atomic E-state index is 12.8. The van der Waals surface area contributed by atoms with Crippen LogP contribution in [0, 0.1) is 0 Å². The highest BCUT2D eigenvalue weighted by molar-refractivity contribution is 5.75. The van der Waals surface area contributed by atoms with Crippen LogP contribution in [0.5, 0.6) is 0 Å². The van der Waals surface area contributed by atoms with Crippen LogP contribution < -0.4 is 11.3 Å². The van der Waals surface area contributed by atoms with Crippen LogP contribution in [0.25, 0.3) is 11.3 Å². The molecule has 0 saturated carbocycles. The van der Waals surface area contributed by atoms with E-state index in [1.165, 1.54) is 0 Å². The normalized spacial score (nSPS) is 12.3. The van der Waals surface area contributed by atoms with Crippen molar-refractivity contribution in [1.29, 1.82) is 0 Å². The Labute approximate surface area is 130 Å². The van der Waals surface area contributed by atoms with Gasteiger partial charge in [0.25, 0.3) is 5.91 Å². The van der Waals surface area contributed by atoms with Crippen molar-refractivity contribution in [2.75, 3.05) is 0 Å². The molecule has 1 heterocycles. The summed E-state index contributed by atoms with van der Waals surface area (Å²) < 4.78 is 77.7. The number of hydrogen-bond acceptors (Lipinski definition) is 4. The lowest BCUT2D eigenvalue weighted by atomic mass is 10.0. The Morgan fingerprint density at radius 2 is 1.62 bits per heavy atom. The third-order valence-electron chi connectivity index (χ3n) is 2.89. The Hall–Kier alpha value is -2.63. The van der Waals surface area contributed by atoms with E-state index < -0.39 is 41.5 Å². The van der Waals surface area contributed by atoms with Crippen LogP contribution in [0.3, 0.4) is 0 Å². The molecule has 2 aromatic rings. The van der Waals surface area contributed by atoms with E-state index in [2.05, 4.69) is 10.3 Å². The van der Waals surface area contributed by atoms with E-state index in [0.29, 0.717) is 12.1 Å². The second-order valence-electron chi connectivity index (χ2n) is 4.66. The highest BCUT2D eigenvalue weighted by atomic mass is 19.4. The number of benzene rings is 1. The summed E-state index contributed by atoms with van der Waals surface area (Å²) in [6, 6.07) is 1.05. The molecule has 0 spiro atoms. The zero-order chi connectivity index (χ0) is 18.1. The van der Waals surface area contributed by atoms with E-state index in [-0.39, 0.29) is 11.8 Å². The molecule has 3 N–H and O–H groups in total. The van der Waals surface area contributed by atoms with E-state index in [1.54, 1.807) is 5.43 Å². The van der Waals surface area contributed by atoms with E-state index >= 15 is 0 Å². The number of aromatic nitrogens is 3. The monoisotopic (exact) mass is 353 g/mol. The van der Waals surface area contributed by atoms with Gasteiger partial charge in [-0.1, -0.05) is 5.21 Å². The van der Waals surface area contributed by atoms with Crippen LogP contribution in [0.15, 0.2) is 24.4 Å². The summed E-state index contributed by atoms with van der Waals surface area (Å²) in [6.07, 6.45) is -8.90. The molecule has 0 bridgehead atoms. The van der Waals surface area contributed by atoms with E-state index in [4.69, 9.17) is 5.84 Å². The number of rotatable bonds is 3. The summed E-state index contributed by atoms with van der Waals surface area (Å²) >= 11 is 0. The first-order chi connectivity index (χ1) is 11.0. The molecule has 0 aliphatic heterocycles. The third-order valence-corrected chi connectivity index (χ3v) is 2.89. The molecule has 1 amide bonds. The Kier molecular flexibility index (Phi) is 4.51. The second kappa shape index (κ2) is 6.11. The molecule has 0 saturated heterocycles. The Bertz CT molecular complexity index is 719. The van der Waals surface area contributed by atoms with Gasteiger partial charge < -0.3 is 0 Å². The smallest absolute Gasteiger partial charge is 0.293 e. The van der Waals surface area contributed by atoms with E-state index in [0.717, 1.165) is 10.9 Å². The first-order valence-electron chi connectivity index (χ1n) is 6.20. The second-order valence-corrected chi connectivity index (χ2v) is 4.66. The number of halogens is 6. The summed E-state index contributed by atoms with van der Waals surface area (Å²) in [5.41, 5.74) is -1.83. The molecular formula is C12H9F6N5O. The number of carbonyl (C=O) groups is 1. The van der Waals surface area contributed by atoms with Crippen molar-refractivity contribution in [3.8, 4) is 11.3 Å². The number of nitrogens with zero attached hydrogens (tertiary/aromatic N) is 3.